The van der Waals surface area contributed by atoms with Crippen LogP contribution < -0.4 is 0 Å². The molecule has 1 saturated heterocycles. The summed E-state index contributed by atoms with van der Waals surface area (Å²) in [6.45, 7) is 6.70. The van der Waals surface area contributed by atoms with E-state index in [2.05, 4.69) is 6.58 Å². The Bertz CT molecular complexity index is 295. The van der Waals surface area contributed by atoms with Crippen LogP contribution >= 0.6 is 0 Å². The van der Waals surface area contributed by atoms with Crippen LogP contribution in [0.25, 0.3) is 0 Å². The average Bonchev–Trinajstić information content (AvgIpc) is 2.35. The molecule has 1 heterocycles. The van der Waals surface area contributed by atoms with Crippen molar-refractivity contribution in [1.82, 2.24) is 4.90 Å². The quantitative estimate of drug-likeness (QED) is 0.427. The molecule has 0 saturated carbocycles. The fraction of sp³-hybridized carbons (Fsp3) is 0.667. The Balaban J connectivity index is 2.11. The zero-order chi connectivity index (χ0) is 12.7. The van der Waals surface area contributed by atoms with Crippen molar-refractivity contribution >= 4 is 12.1 Å². The van der Waals surface area contributed by atoms with Crippen LogP contribution in [0, 0.1) is 0 Å². The van der Waals surface area contributed by atoms with E-state index in [0.29, 0.717) is 5.57 Å². The summed E-state index contributed by atoms with van der Waals surface area (Å²) in [7, 11) is 0. The van der Waals surface area contributed by atoms with Gasteiger partial charge in [0.2, 0.25) is 0 Å². The monoisotopic (exact) mass is 241 g/mol. The Hall–Kier alpha value is -1.52. The van der Waals surface area contributed by atoms with Crippen molar-refractivity contribution in [3.05, 3.63) is 12.2 Å². The summed E-state index contributed by atoms with van der Waals surface area (Å²) >= 11 is 0. The lowest BCUT2D eigenvalue weighted by Gasteiger charge is -2.25. The second kappa shape index (κ2) is 6.93. The van der Waals surface area contributed by atoms with E-state index in [9.17, 15) is 9.59 Å². The minimum absolute atomic E-state index is 0.0747. The molecule has 5 heteroatoms. The highest BCUT2D eigenvalue weighted by Gasteiger charge is 2.17. The largest absolute Gasteiger partial charge is 0.459 e. The molecule has 0 aromatic heterocycles. The van der Waals surface area contributed by atoms with Crippen LogP contribution in [-0.4, -0.2) is 43.3 Å². The molecule has 1 rings (SSSR count). The Labute approximate surface area is 101 Å². The van der Waals surface area contributed by atoms with E-state index in [-0.39, 0.29) is 19.3 Å². The molecule has 1 fully saturated rings. The first kappa shape index (κ1) is 13.5. The van der Waals surface area contributed by atoms with Gasteiger partial charge >= 0.3 is 12.1 Å². The lowest BCUT2D eigenvalue weighted by atomic mass is 10.1. The van der Waals surface area contributed by atoms with E-state index in [1.165, 1.54) is 6.42 Å². The standard InChI is InChI=1S/C12H19NO4/c1-10(2)11(14)16-8-9-17-12(15)13-6-4-3-5-7-13/h1,3-9H2,2H3. The van der Waals surface area contributed by atoms with Crippen LogP contribution in [0.15, 0.2) is 12.2 Å². The third-order valence-electron chi connectivity index (χ3n) is 2.50. The third-order valence-corrected chi connectivity index (χ3v) is 2.50. The molecular weight excluding hydrogens is 222 g/mol. The van der Waals surface area contributed by atoms with E-state index in [1.54, 1.807) is 11.8 Å². The van der Waals surface area contributed by atoms with Crippen molar-refractivity contribution in [3.8, 4) is 0 Å². The number of rotatable bonds is 4. The zero-order valence-electron chi connectivity index (χ0n) is 10.2. The summed E-state index contributed by atoms with van der Waals surface area (Å²) in [5.74, 6) is -0.459. The van der Waals surface area contributed by atoms with Crippen LogP contribution in [0.3, 0.4) is 0 Å². The van der Waals surface area contributed by atoms with E-state index >= 15 is 0 Å². The first-order valence-electron chi connectivity index (χ1n) is 5.85. The predicted molar refractivity (Wildman–Crippen MR) is 62.5 cm³/mol. The molecule has 0 aliphatic carbocycles. The van der Waals surface area contributed by atoms with E-state index in [4.69, 9.17) is 9.47 Å². The average molecular weight is 241 g/mol. The first-order chi connectivity index (χ1) is 8.11. The highest BCUT2D eigenvalue weighted by molar-refractivity contribution is 5.86. The number of piperidine rings is 1. The molecule has 5 nitrogen and oxygen atoms in total. The molecule has 0 spiro atoms. The van der Waals surface area contributed by atoms with Crippen molar-refractivity contribution in [3.63, 3.8) is 0 Å². The van der Waals surface area contributed by atoms with Crippen molar-refractivity contribution < 1.29 is 19.1 Å². The molecule has 0 radical (unpaired) electrons. The topological polar surface area (TPSA) is 55.8 Å². The van der Waals surface area contributed by atoms with Crippen LogP contribution in [0.1, 0.15) is 26.2 Å². The molecule has 0 bridgehead atoms. The Morgan fingerprint density at radius 2 is 1.71 bits per heavy atom. The first-order valence-corrected chi connectivity index (χ1v) is 5.85. The summed E-state index contributed by atoms with van der Waals surface area (Å²) in [6.07, 6.45) is 2.90. The normalized spacial score (nSPS) is 15.2. The summed E-state index contributed by atoms with van der Waals surface area (Å²) in [5.41, 5.74) is 0.340. The van der Waals surface area contributed by atoms with Gasteiger partial charge in [-0.15, -0.1) is 0 Å². The third kappa shape index (κ3) is 4.89. The van der Waals surface area contributed by atoms with Gasteiger partial charge in [0.1, 0.15) is 13.2 Å². The number of hydrogen-bond acceptors (Lipinski definition) is 4. The summed E-state index contributed by atoms with van der Waals surface area (Å²) in [4.78, 5) is 24.2. The molecule has 0 N–H and O–H groups in total. The molecule has 0 atom stereocenters. The molecule has 0 unspecified atom stereocenters. The molecule has 1 amide bonds. The zero-order valence-corrected chi connectivity index (χ0v) is 10.2. The Kier molecular flexibility index (Phi) is 5.52. The predicted octanol–water partition coefficient (Wildman–Crippen LogP) is 1.73. The number of amides is 1. The van der Waals surface area contributed by atoms with Gasteiger partial charge in [0.05, 0.1) is 0 Å². The number of carbonyl (C=O) groups excluding carboxylic acids is 2. The van der Waals surface area contributed by atoms with Gasteiger partial charge in [-0.1, -0.05) is 6.58 Å². The highest BCUT2D eigenvalue weighted by atomic mass is 16.6. The highest BCUT2D eigenvalue weighted by Crippen LogP contribution is 2.09. The van der Waals surface area contributed by atoms with Gasteiger partial charge in [-0.3, -0.25) is 0 Å². The summed E-state index contributed by atoms with van der Waals surface area (Å²) in [5, 5.41) is 0. The number of nitrogens with zero attached hydrogens (tertiary/aromatic N) is 1. The van der Waals surface area contributed by atoms with Gasteiger partial charge in [0, 0.05) is 18.7 Å². The molecule has 0 aromatic rings. The molecule has 96 valence electrons. The minimum atomic E-state index is -0.459. The molecule has 1 aliphatic rings. The second-order valence-electron chi connectivity index (χ2n) is 4.08. The van der Waals surface area contributed by atoms with Gasteiger partial charge in [0.25, 0.3) is 0 Å². The number of esters is 1. The molecule has 1 aliphatic heterocycles. The maximum Gasteiger partial charge on any atom is 0.409 e. The maximum absolute atomic E-state index is 11.5. The van der Waals surface area contributed by atoms with Gasteiger partial charge in [-0.25, -0.2) is 9.59 Å². The Morgan fingerprint density at radius 1 is 1.12 bits per heavy atom. The van der Waals surface area contributed by atoms with Crippen LogP contribution in [0.5, 0.6) is 0 Å². The van der Waals surface area contributed by atoms with Gasteiger partial charge < -0.3 is 14.4 Å². The maximum atomic E-state index is 11.5. The van der Waals surface area contributed by atoms with E-state index < -0.39 is 5.97 Å². The van der Waals surface area contributed by atoms with Crippen LogP contribution in [0.2, 0.25) is 0 Å². The van der Waals surface area contributed by atoms with Crippen LogP contribution in [0.4, 0.5) is 4.79 Å². The number of likely N-dealkylation sites (tertiary alicyclic amines) is 1. The second-order valence-corrected chi connectivity index (χ2v) is 4.08. The van der Waals surface area contributed by atoms with Crippen molar-refractivity contribution in [2.75, 3.05) is 26.3 Å². The van der Waals surface area contributed by atoms with Crippen molar-refractivity contribution in [1.29, 1.82) is 0 Å². The SMILES string of the molecule is C=C(C)C(=O)OCCOC(=O)N1CCCCC1. The van der Waals surface area contributed by atoms with Gasteiger partial charge in [0.15, 0.2) is 0 Å². The Morgan fingerprint density at radius 3 is 2.29 bits per heavy atom. The summed E-state index contributed by atoms with van der Waals surface area (Å²) < 4.78 is 9.80. The lowest BCUT2D eigenvalue weighted by Crippen LogP contribution is -2.36. The van der Waals surface area contributed by atoms with Crippen LogP contribution in [-0.2, 0) is 14.3 Å². The summed E-state index contributed by atoms with van der Waals surface area (Å²) in [6, 6.07) is 0. The van der Waals surface area contributed by atoms with Crippen molar-refractivity contribution in [2.45, 2.75) is 26.2 Å². The fourth-order valence-electron chi connectivity index (χ4n) is 1.55. The van der Waals surface area contributed by atoms with E-state index in [1.807, 2.05) is 0 Å². The van der Waals surface area contributed by atoms with E-state index in [0.717, 1.165) is 25.9 Å². The number of carbonyl (C=O) groups is 2. The molecule has 0 aromatic carbocycles. The molecular formula is C12H19NO4. The number of hydrogen-bond donors (Lipinski definition) is 0. The van der Waals surface area contributed by atoms with Gasteiger partial charge in [-0.2, -0.15) is 0 Å². The number of ether oxygens (including phenoxy) is 2. The lowest BCUT2D eigenvalue weighted by molar-refractivity contribution is -0.140. The molecule has 17 heavy (non-hydrogen) atoms. The van der Waals surface area contributed by atoms with Crippen molar-refractivity contribution in [2.24, 2.45) is 0 Å². The van der Waals surface area contributed by atoms with Gasteiger partial charge in [-0.05, 0) is 26.2 Å². The minimum Gasteiger partial charge on any atom is -0.459 e. The smallest absolute Gasteiger partial charge is 0.409 e. The fourth-order valence-corrected chi connectivity index (χ4v) is 1.55.